The number of amides is 2. The van der Waals surface area contributed by atoms with E-state index in [0.29, 0.717) is 10.7 Å². The molecule has 2 aromatic rings. The first-order valence-electron chi connectivity index (χ1n) is 9.46. The van der Waals surface area contributed by atoms with Crippen LogP contribution in [0, 0.1) is 11.8 Å². The van der Waals surface area contributed by atoms with Gasteiger partial charge in [0.25, 0.3) is 0 Å². The van der Waals surface area contributed by atoms with Crippen LogP contribution in [-0.2, 0) is 20.8 Å². The number of hydrogen-bond acceptors (Lipinski definition) is 4. The van der Waals surface area contributed by atoms with E-state index in [-0.39, 0.29) is 35.8 Å². The second-order valence-electron chi connectivity index (χ2n) is 7.25. The van der Waals surface area contributed by atoms with Gasteiger partial charge in [-0.25, -0.2) is 4.90 Å². The summed E-state index contributed by atoms with van der Waals surface area (Å²) in [6.45, 7) is 0. The monoisotopic (exact) mass is 397 g/mol. The van der Waals surface area contributed by atoms with Gasteiger partial charge in [0.2, 0.25) is 11.8 Å². The van der Waals surface area contributed by atoms with Gasteiger partial charge < -0.3 is 4.74 Å². The molecule has 2 atom stereocenters. The summed E-state index contributed by atoms with van der Waals surface area (Å²) in [7, 11) is 0. The predicted molar refractivity (Wildman–Crippen MR) is 105 cm³/mol. The maximum absolute atomic E-state index is 12.9. The minimum atomic E-state index is -0.466. The molecule has 0 aromatic heterocycles. The number of halogens is 1. The van der Waals surface area contributed by atoms with Crippen molar-refractivity contribution in [3.63, 3.8) is 0 Å². The van der Waals surface area contributed by atoms with Gasteiger partial charge in [0.1, 0.15) is 0 Å². The van der Waals surface area contributed by atoms with E-state index in [2.05, 4.69) is 0 Å². The molecule has 4 rings (SSSR count). The van der Waals surface area contributed by atoms with Crippen molar-refractivity contribution < 1.29 is 19.1 Å². The molecular weight excluding hydrogens is 378 g/mol. The van der Waals surface area contributed by atoms with Crippen molar-refractivity contribution >= 4 is 35.1 Å². The van der Waals surface area contributed by atoms with Crippen LogP contribution in [0.4, 0.5) is 5.69 Å². The summed E-state index contributed by atoms with van der Waals surface area (Å²) < 4.78 is 5.52. The van der Waals surface area contributed by atoms with E-state index in [1.54, 1.807) is 48.5 Å². The first kappa shape index (κ1) is 18.7. The third-order valence-electron chi connectivity index (χ3n) is 5.43. The SMILES string of the molecule is O=C(Cc1ccc(Cl)cc1)Oc1ccccc1N1C(=O)[C@H]2CCCC[C@@H]2C1=O. The number of rotatable bonds is 4. The molecule has 1 aliphatic heterocycles. The summed E-state index contributed by atoms with van der Waals surface area (Å²) >= 11 is 5.87. The first-order valence-corrected chi connectivity index (χ1v) is 9.84. The second-order valence-corrected chi connectivity index (χ2v) is 7.69. The number of nitrogens with zero attached hydrogens (tertiary/aromatic N) is 1. The van der Waals surface area contributed by atoms with Crippen molar-refractivity contribution in [2.45, 2.75) is 32.1 Å². The highest BCUT2D eigenvalue weighted by atomic mass is 35.5. The fourth-order valence-electron chi connectivity index (χ4n) is 4.06. The van der Waals surface area contributed by atoms with E-state index >= 15 is 0 Å². The maximum atomic E-state index is 12.9. The Bertz CT molecular complexity index is 900. The van der Waals surface area contributed by atoms with Gasteiger partial charge in [-0.1, -0.05) is 48.7 Å². The Morgan fingerprint density at radius 3 is 2.21 bits per heavy atom. The Balaban J connectivity index is 1.55. The zero-order valence-corrected chi connectivity index (χ0v) is 16.0. The number of imide groups is 1. The number of para-hydroxylation sites is 2. The molecule has 28 heavy (non-hydrogen) atoms. The molecule has 0 bridgehead atoms. The van der Waals surface area contributed by atoms with Crippen LogP contribution in [0.25, 0.3) is 0 Å². The molecule has 2 fully saturated rings. The number of anilines is 1. The Hall–Kier alpha value is -2.66. The molecule has 144 valence electrons. The molecule has 0 spiro atoms. The van der Waals surface area contributed by atoms with E-state index in [1.165, 1.54) is 4.90 Å². The molecule has 1 saturated heterocycles. The summed E-state index contributed by atoms with van der Waals surface area (Å²) in [6.07, 6.45) is 3.48. The fourth-order valence-corrected chi connectivity index (χ4v) is 4.18. The standard InChI is InChI=1S/C22H20ClNO4/c23-15-11-9-14(10-12-15)13-20(25)28-19-8-4-3-7-18(19)24-21(26)16-5-1-2-6-17(16)22(24)27/h3-4,7-12,16-17H,1-2,5-6,13H2/t16-,17-/m0/s1. The van der Waals surface area contributed by atoms with Gasteiger partial charge in [-0.05, 0) is 42.7 Å². The predicted octanol–water partition coefficient (Wildman–Crippen LogP) is 4.17. The smallest absolute Gasteiger partial charge is 0.315 e. The van der Waals surface area contributed by atoms with Crippen LogP contribution in [0.3, 0.4) is 0 Å². The van der Waals surface area contributed by atoms with Crippen molar-refractivity contribution in [3.05, 3.63) is 59.1 Å². The zero-order chi connectivity index (χ0) is 19.7. The maximum Gasteiger partial charge on any atom is 0.315 e. The minimum Gasteiger partial charge on any atom is -0.424 e. The Labute approximate surface area is 168 Å². The van der Waals surface area contributed by atoms with Crippen LogP contribution >= 0.6 is 11.6 Å². The first-order chi connectivity index (χ1) is 13.5. The summed E-state index contributed by atoms with van der Waals surface area (Å²) in [6, 6.07) is 13.6. The minimum absolute atomic E-state index is 0.0681. The van der Waals surface area contributed by atoms with Crippen LogP contribution in [0.1, 0.15) is 31.2 Å². The third-order valence-corrected chi connectivity index (χ3v) is 5.68. The van der Waals surface area contributed by atoms with E-state index in [4.69, 9.17) is 16.3 Å². The lowest BCUT2D eigenvalue weighted by Crippen LogP contribution is -2.31. The molecule has 0 radical (unpaired) electrons. The molecule has 1 saturated carbocycles. The summed E-state index contributed by atoms with van der Waals surface area (Å²) in [5, 5.41) is 0.593. The van der Waals surface area contributed by atoms with Crippen LogP contribution in [0.2, 0.25) is 5.02 Å². The molecule has 0 unspecified atom stereocenters. The summed E-state index contributed by atoms with van der Waals surface area (Å²) in [4.78, 5) is 39.3. The number of hydrogen-bond donors (Lipinski definition) is 0. The van der Waals surface area contributed by atoms with E-state index in [9.17, 15) is 14.4 Å². The van der Waals surface area contributed by atoms with Crippen LogP contribution in [0.5, 0.6) is 5.75 Å². The average Bonchev–Trinajstić information content (AvgIpc) is 2.95. The zero-order valence-electron chi connectivity index (χ0n) is 15.3. The normalized spacial score (nSPS) is 21.5. The molecular formula is C22H20ClNO4. The van der Waals surface area contributed by atoms with Crippen molar-refractivity contribution in [1.82, 2.24) is 0 Å². The Morgan fingerprint density at radius 2 is 1.57 bits per heavy atom. The summed E-state index contributed by atoms with van der Waals surface area (Å²) in [5.41, 5.74) is 1.11. The quantitative estimate of drug-likeness (QED) is 0.441. The highest BCUT2D eigenvalue weighted by Gasteiger charge is 2.49. The number of carbonyl (C=O) groups is 3. The van der Waals surface area contributed by atoms with Gasteiger partial charge >= 0.3 is 5.97 Å². The van der Waals surface area contributed by atoms with E-state index in [0.717, 1.165) is 31.2 Å². The Kier molecular flexibility index (Phi) is 5.18. The van der Waals surface area contributed by atoms with Gasteiger partial charge in [0.05, 0.1) is 23.9 Å². The molecule has 2 aromatic carbocycles. The average molecular weight is 398 g/mol. The van der Waals surface area contributed by atoms with Crippen molar-refractivity contribution in [1.29, 1.82) is 0 Å². The molecule has 6 heteroatoms. The van der Waals surface area contributed by atoms with Crippen LogP contribution < -0.4 is 9.64 Å². The highest BCUT2D eigenvalue weighted by Crippen LogP contribution is 2.42. The molecule has 5 nitrogen and oxygen atoms in total. The second kappa shape index (κ2) is 7.76. The lowest BCUT2D eigenvalue weighted by atomic mass is 9.81. The van der Waals surface area contributed by atoms with Crippen molar-refractivity contribution in [2.24, 2.45) is 11.8 Å². The van der Waals surface area contributed by atoms with Crippen LogP contribution in [0.15, 0.2) is 48.5 Å². The fraction of sp³-hybridized carbons (Fsp3) is 0.318. The molecule has 2 aliphatic rings. The largest absolute Gasteiger partial charge is 0.424 e. The number of ether oxygens (including phenoxy) is 1. The van der Waals surface area contributed by atoms with Gasteiger partial charge in [0.15, 0.2) is 5.75 Å². The van der Waals surface area contributed by atoms with Crippen molar-refractivity contribution in [3.8, 4) is 5.75 Å². The lowest BCUT2D eigenvalue weighted by Gasteiger charge is -2.19. The van der Waals surface area contributed by atoms with Gasteiger partial charge in [-0.3, -0.25) is 14.4 Å². The number of fused-ring (bicyclic) bond motifs is 1. The van der Waals surface area contributed by atoms with Gasteiger partial charge in [-0.15, -0.1) is 0 Å². The number of carbonyl (C=O) groups excluding carboxylic acids is 3. The van der Waals surface area contributed by atoms with Crippen molar-refractivity contribution in [2.75, 3.05) is 4.90 Å². The topological polar surface area (TPSA) is 63.7 Å². The van der Waals surface area contributed by atoms with E-state index in [1.807, 2.05) is 0 Å². The number of benzene rings is 2. The van der Waals surface area contributed by atoms with Gasteiger partial charge in [-0.2, -0.15) is 0 Å². The molecule has 0 N–H and O–H groups in total. The number of esters is 1. The van der Waals surface area contributed by atoms with Crippen LogP contribution in [-0.4, -0.2) is 17.8 Å². The highest BCUT2D eigenvalue weighted by molar-refractivity contribution is 6.30. The lowest BCUT2D eigenvalue weighted by molar-refractivity contribution is -0.133. The summed E-state index contributed by atoms with van der Waals surface area (Å²) in [5.74, 6) is -1.11. The third kappa shape index (κ3) is 3.54. The molecule has 1 aliphatic carbocycles. The Morgan fingerprint density at radius 1 is 0.964 bits per heavy atom. The van der Waals surface area contributed by atoms with Gasteiger partial charge in [0, 0.05) is 5.02 Å². The molecule has 1 heterocycles. The van der Waals surface area contributed by atoms with E-state index < -0.39 is 5.97 Å². The molecule has 2 amide bonds.